The number of ether oxygens (including phenoxy) is 2. The topological polar surface area (TPSA) is 33.7 Å². The molecule has 0 amide bonds. The Labute approximate surface area is 133 Å². The van der Waals surface area contributed by atoms with Crippen LogP contribution in [-0.4, -0.2) is 44.8 Å². The summed E-state index contributed by atoms with van der Waals surface area (Å²) in [5, 5.41) is 3.45. The molecular formula is C18H28N2O2. The van der Waals surface area contributed by atoms with Gasteiger partial charge in [-0.2, -0.15) is 0 Å². The first-order valence-electron chi connectivity index (χ1n) is 8.57. The van der Waals surface area contributed by atoms with Crippen LogP contribution in [0.15, 0.2) is 18.2 Å². The molecule has 1 saturated carbocycles. The van der Waals surface area contributed by atoms with E-state index in [0.29, 0.717) is 12.6 Å². The van der Waals surface area contributed by atoms with Crippen LogP contribution in [0, 0.1) is 5.92 Å². The summed E-state index contributed by atoms with van der Waals surface area (Å²) < 4.78 is 11.2. The standard InChI is InChI=1S/C18H28N2O2/c1-3-22-18-13-15(6-7-17(18)21-2)16(12-14-4-5-14)20-10-8-19-9-11-20/h6-7,13-14,16,19H,3-5,8-12H2,1-2H3/t16-/m1/s1. The highest BCUT2D eigenvalue weighted by atomic mass is 16.5. The highest BCUT2D eigenvalue weighted by Gasteiger charge is 2.30. The van der Waals surface area contributed by atoms with Crippen molar-refractivity contribution in [1.29, 1.82) is 0 Å². The second kappa shape index (κ2) is 7.34. The predicted molar refractivity (Wildman–Crippen MR) is 88.7 cm³/mol. The van der Waals surface area contributed by atoms with Crippen LogP contribution in [0.1, 0.15) is 37.8 Å². The van der Waals surface area contributed by atoms with Gasteiger partial charge < -0.3 is 14.8 Å². The fourth-order valence-electron chi connectivity index (χ4n) is 3.33. The Balaban J connectivity index is 1.83. The summed E-state index contributed by atoms with van der Waals surface area (Å²) in [6.45, 7) is 7.14. The van der Waals surface area contributed by atoms with Gasteiger partial charge in [0.25, 0.3) is 0 Å². The van der Waals surface area contributed by atoms with Crippen LogP contribution in [0.2, 0.25) is 0 Å². The van der Waals surface area contributed by atoms with E-state index in [1.807, 2.05) is 6.92 Å². The number of nitrogens with one attached hydrogen (secondary N) is 1. The molecule has 2 aliphatic rings. The van der Waals surface area contributed by atoms with Crippen LogP contribution >= 0.6 is 0 Å². The second-order valence-corrected chi connectivity index (χ2v) is 6.32. The van der Waals surface area contributed by atoms with Gasteiger partial charge in [0.05, 0.1) is 13.7 Å². The first kappa shape index (κ1) is 15.6. The third kappa shape index (κ3) is 3.73. The van der Waals surface area contributed by atoms with Gasteiger partial charge in [0.2, 0.25) is 0 Å². The molecular weight excluding hydrogens is 276 g/mol. The zero-order chi connectivity index (χ0) is 15.4. The molecule has 1 N–H and O–H groups in total. The van der Waals surface area contributed by atoms with E-state index in [1.54, 1.807) is 7.11 Å². The average molecular weight is 304 g/mol. The van der Waals surface area contributed by atoms with Crippen molar-refractivity contribution < 1.29 is 9.47 Å². The highest BCUT2D eigenvalue weighted by molar-refractivity contribution is 5.44. The van der Waals surface area contributed by atoms with E-state index in [9.17, 15) is 0 Å². The number of benzene rings is 1. The third-order valence-corrected chi connectivity index (χ3v) is 4.72. The molecule has 122 valence electrons. The van der Waals surface area contributed by atoms with Gasteiger partial charge in [-0.05, 0) is 37.0 Å². The molecule has 1 aromatic rings. The van der Waals surface area contributed by atoms with Crippen LogP contribution in [0.5, 0.6) is 11.5 Å². The molecule has 0 spiro atoms. The number of piperazine rings is 1. The van der Waals surface area contributed by atoms with Gasteiger partial charge in [-0.1, -0.05) is 18.9 Å². The maximum Gasteiger partial charge on any atom is 0.161 e. The number of hydrogen-bond donors (Lipinski definition) is 1. The molecule has 2 fully saturated rings. The van der Waals surface area contributed by atoms with Gasteiger partial charge in [0.15, 0.2) is 11.5 Å². The van der Waals surface area contributed by atoms with Crippen molar-refractivity contribution in [2.75, 3.05) is 39.9 Å². The number of nitrogens with zero attached hydrogens (tertiary/aromatic N) is 1. The Morgan fingerprint density at radius 2 is 2.00 bits per heavy atom. The summed E-state index contributed by atoms with van der Waals surface area (Å²) in [6.07, 6.45) is 4.08. The monoisotopic (exact) mass is 304 g/mol. The maximum atomic E-state index is 5.77. The highest BCUT2D eigenvalue weighted by Crippen LogP contribution is 2.41. The quantitative estimate of drug-likeness (QED) is 0.840. The van der Waals surface area contributed by atoms with Crippen molar-refractivity contribution in [3.05, 3.63) is 23.8 Å². The predicted octanol–water partition coefficient (Wildman–Crippen LogP) is 2.84. The maximum absolute atomic E-state index is 5.77. The fraction of sp³-hybridized carbons (Fsp3) is 0.667. The molecule has 0 unspecified atom stereocenters. The average Bonchev–Trinajstić information content (AvgIpc) is 3.38. The number of hydrogen-bond acceptors (Lipinski definition) is 4. The minimum Gasteiger partial charge on any atom is -0.493 e. The summed E-state index contributed by atoms with van der Waals surface area (Å²) in [5.41, 5.74) is 1.37. The summed E-state index contributed by atoms with van der Waals surface area (Å²) in [5.74, 6) is 2.62. The molecule has 22 heavy (non-hydrogen) atoms. The summed E-state index contributed by atoms with van der Waals surface area (Å²) >= 11 is 0. The fourth-order valence-corrected chi connectivity index (χ4v) is 3.33. The first-order chi connectivity index (χ1) is 10.8. The zero-order valence-electron chi connectivity index (χ0n) is 13.8. The molecule has 1 atom stereocenters. The lowest BCUT2D eigenvalue weighted by Gasteiger charge is -2.35. The van der Waals surface area contributed by atoms with Crippen molar-refractivity contribution in [2.45, 2.75) is 32.2 Å². The van der Waals surface area contributed by atoms with Crippen LogP contribution in [0.25, 0.3) is 0 Å². The molecule has 1 saturated heterocycles. The molecule has 0 radical (unpaired) electrons. The Morgan fingerprint density at radius 3 is 2.64 bits per heavy atom. The van der Waals surface area contributed by atoms with Crippen molar-refractivity contribution in [3.8, 4) is 11.5 Å². The Bertz CT molecular complexity index is 482. The van der Waals surface area contributed by atoms with E-state index >= 15 is 0 Å². The van der Waals surface area contributed by atoms with Crippen LogP contribution < -0.4 is 14.8 Å². The van der Waals surface area contributed by atoms with Gasteiger partial charge >= 0.3 is 0 Å². The lowest BCUT2D eigenvalue weighted by molar-refractivity contribution is 0.160. The minimum absolute atomic E-state index is 0.514. The van der Waals surface area contributed by atoms with E-state index < -0.39 is 0 Å². The molecule has 0 aromatic heterocycles. The van der Waals surface area contributed by atoms with Crippen LogP contribution in [0.3, 0.4) is 0 Å². The van der Waals surface area contributed by atoms with Gasteiger partial charge in [-0.3, -0.25) is 4.90 Å². The van der Waals surface area contributed by atoms with Crippen LogP contribution in [-0.2, 0) is 0 Å². The first-order valence-corrected chi connectivity index (χ1v) is 8.57. The van der Waals surface area contributed by atoms with E-state index in [1.165, 1.54) is 24.8 Å². The van der Waals surface area contributed by atoms with E-state index in [4.69, 9.17) is 9.47 Å². The van der Waals surface area contributed by atoms with Crippen molar-refractivity contribution in [3.63, 3.8) is 0 Å². The molecule has 0 bridgehead atoms. The molecule has 1 aliphatic carbocycles. The molecule has 3 rings (SSSR count). The van der Waals surface area contributed by atoms with E-state index in [2.05, 4.69) is 28.4 Å². The smallest absolute Gasteiger partial charge is 0.161 e. The van der Waals surface area contributed by atoms with Gasteiger partial charge in [-0.25, -0.2) is 0 Å². The SMILES string of the molecule is CCOc1cc([C@@H](CC2CC2)N2CCNCC2)ccc1OC. The minimum atomic E-state index is 0.514. The molecule has 4 nitrogen and oxygen atoms in total. The van der Waals surface area contributed by atoms with Gasteiger partial charge in [-0.15, -0.1) is 0 Å². The summed E-state index contributed by atoms with van der Waals surface area (Å²) in [6, 6.07) is 6.98. The second-order valence-electron chi connectivity index (χ2n) is 6.32. The number of methoxy groups -OCH3 is 1. The largest absolute Gasteiger partial charge is 0.493 e. The zero-order valence-corrected chi connectivity index (χ0v) is 13.8. The van der Waals surface area contributed by atoms with Crippen molar-refractivity contribution >= 4 is 0 Å². The normalized spacial score (nSPS) is 20.6. The lowest BCUT2D eigenvalue weighted by Crippen LogP contribution is -2.45. The van der Waals surface area contributed by atoms with E-state index in [-0.39, 0.29) is 0 Å². The van der Waals surface area contributed by atoms with Gasteiger partial charge in [0, 0.05) is 32.2 Å². The molecule has 1 aromatic carbocycles. The molecule has 1 aliphatic heterocycles. The molecule has 4 heteroatoms. The lowest BCUT2D eigenvalue weighted by atomic mass is 9.98. The van der Waals surface area contributed by atoms with Crippen molar-refractivity contribution in [1.82, 2.24) is 10.2 Å². The van der Waals surface area contributed by atoms with E-state index in [0.717, 1.165) is 43.6 Å². The molecule has 1 heterocycles. The van der Waals surface area contributed by atoms with Crippen LogP contribution in [0.4, 0.5) is 0 Å². The Kier molecular flexibility index (Phi) is 5.21. The third-order valence-electron chi connectivity index (χ3n) is 4.72. The van der Waals surface area contributed by atoms with Crippen molar-refractivity contribution in [2.24, 2.45) is 5.92 Å². The number of rotatable bonds is 7. The van der Waals surface area contributed by atoms with Gasteiger partial charge in [0.1, 0.15) is 0 Å². The Morgan fingerprint density at radius 1 is 1.23 bits per heavy atom. The summed E-state index contributed by atoms with van der Waals surface area (Å²) in [4.78, 5) is 2.63. The Hall–Kier alpha value is -1.26. The summed E-state index contributed by atoms with van der Waals surface area (Å²) in [7, 11) is 1.70.